The van der Waals surface area contributed by atoms with Crippen molar-refractivity contribution in [3.05, 3.63) is 29.3 Å². The molecule has 1 rings (SSSR count). The summed E-state index contributed by atoms with van der Waals surface area (Å²) in [5, 5.41) is 8.83. The fraction of sp³-hybridized carbons (Fsp3) is 0.364. The molecule has 0 heterocycles. The van der Waals surface area contributed by atoms with Crippen molar-refractivity contribution < 1.29 is 18.3 Å². The van der Waals surface area contributed by atoms with Crippen LogP contribution in [0.4, 0.5) is 0 Å². The maximum atomic E-state index is 11.9. The molecule has 0 bridgehead atoms. The number of nitrogens with one attached hydrogen (secondary N) is 1. The second-order valence-corrected chi connectivity index (χ2v) is 5.76. The van der Waals surface area contributed by atoms with Gasteiger partial charge in [-0.05, 0) is 31.5 Å². The smallest absolute Gasteiger partial charge is 0.249 e. The second kappa shape index (κ2) is 5.47. The minimum atomic E-state index is -3.76. The summed E-state index contributed by atoms with van der Waals surface area (Å²) in [6, 6.07) is 3.52. The molecule has 0 aromatic heterocycles. The van der Waals surface area contributed by atoms with Crippen LogP contribution >= 0.6 is 0 Å². The van der Waals surface area contributed by atoms with Gasteiger partial charge in [-0.25, -0.2) is 13.1 Å². The van der Waals surface area contributed by atoms with Gasteiger partial charge >= 0.3 is 0 Å². The fourth-order valence-corrected chi connectivity index (χ4v) is 2.66. The van der Waals surface area contributed by atoms with E-state index >= 15 is 0 Å². The second-order valence-electron chi connectivity index (χ2n) is 4.05. The number of aliphatic hydroxyl groups excluding tert-OH is 1. The Morgan fingerprint density at radius 3 is 2.61 bits per heavy atom. The summed E-state index contributed by atoms with van der Waals surface area (Å²) < 4.78 is 26.1. The molecular weight excluding hydrogens is 256 g/mol. The predicted molar refractivity (Wildman–Crippen MR) is 66.6 cm³/mol. The van der Waals surface area contributed by atoms with Crippen LogP contribution < -0.4 is 10.5 Å². The summed E-state index contributed by atoms with van der Waals surface area (Å²) in [4.78, 5) is 11.1. The Bertz CT molecular complexity index is 554. The number of carbonyl (C=O) groups excluding carboxylic acids is 1. The lowest BCUT2D eigenvalue weighted by atomic mass is 10.1. The Kier molecular flexibility index (Phi) is 4.44. The van der Waals surface area contributed by atoms with Gasteiger partial charge < -0.3 is 10.8 Å². The standard InChI is InChI=1S/C11H16N2O4S/c1-7-3-4-9(5-10(7)11(12)15)18(16,17)13-8(2)6-14/h3-5,8,13-14H,6H2,1-2H3,(H2,12,15)/t8-/m0/s1. The number of amides is 1. The molecule has 0 spiro atoms. The molecule has 1 aromatic rings. The van der Waals surface area contributed by atoms with Crippen molar-refractivity contribution >= 4 is 15.9 Å². The van der Waals surface area contributed by atoms with E-state index in [4.69, 9.17) is 10.8 Å². The van der Waals surface area contributed by atoms with E-state index in [-0.39, 0.29) is 17.1 Å². The van der Waals surface area contributed by atoms with Crippen molar-refractivity contribution in [1.29, 1.82) is 0 Å². The lowest BCUT2D eigenvalue weighted by molar-refractivity contribution is 0.0999. The molecule has 4 N–H and O–H groups in total. The average molecular weight is 272 g/mol. The van der Waals surface area contributed by atoms with Gasteiger partial charge in [0.1, 0.15) is 0 Å². The van der Waals surface area contributed by atoms with Gasteiger partial charge in [0, 0.05) is 11.6 Å². The first-order valence-corrected chi connectivity index (χ1v) is 6.80. The van der Waals surface area contributed by atoms with Crippen LogP contribution in [0.15, 0.2) is 23.1 Å². The Hall–Kier alpha value is -1.44. The number of sulfonamides is 1. The van der Waals surface area contributed by atoms with Crippen LogP contribution in [0.1, 0.15) is 22.8 Å². The molecule has 0 saturated heterocycles. The lowest BCUT2D eigenvalue weighted by Crippen LogP contribution is -2.35. The van der Waals surface area contributed by atoms with E-state index in [0.29, 0.717) is 5.56 Å². The van der Waals surface area contributed by atoms with Crippen LogP contribution in [-0.2, 0) is 10.0 Å². The molecule has 0 unspecified atom stereocenters. The van der Waals surface area contributed by atoms with Crippen molar-refractivity contribution in [2.45, 2.75) is 24.8 Å². The minimum absolute atomic E-state index is 0.0535. The molecular formula is C11H16N2O4S. The first kappa shape index (κ1) is 14.6. The highest BCUT2D eigenvalue weighted by Gasteiger charge is 2.18. The zero-order valence-electron chi connectivity index (χ0n) is 10.2. The van der Waals surface area contributed by atoms with Gasteiger partial charge in [0.25, 0.3) is 0 Å². The number of nitrogens with two attached hydrogens (primary N) is 1. The molecule has 18 heavy (non-hydrogen) atoms. The zero-order chi connectivity index (χ0) is 13.9. The molecule has 100 valence electrons. The number of aliphatic hydroxyl groups is 1. The Balaban J connectivity index is 3.18. The number of primary amides is 1. The number of benzene rings is 1. The van der Waals surface area contributed by atoms with Crippen molar-refractivity contribution in [3.63, 3.8) is 0 Å². The van der Waals surface area contributed by atoms with E-state index < -0.39 is 22.0 Å². The first-order chi connectivity index (χ1) is 8.27. The number of rotatable bonds is 5. The number of hydrogen-bond acceptors (Lipinski definition) is 4. The fourth-order valence-electron chi connectivity index (χ4n) is 1.40. The molecule has 1 amide bonds. The monoisotopic (exact) mass is 272 g/mol. The van der Waals surface area contributed by atoms with E-state index in [9.17, 15) is 13.2 Å². The lowest BCUT2D eigenvalue weighted by Gasteiger charge is -2.12. The number of aryl methyl sites for hydroxylation is 1. The number of carbonyl (C=O) groups is 1. The first-order valence-electron chi connectivity index (χ1n) is 5.31. The van der Waals surface area contributed by atoms with E-state index in [0.717, 1.165) is 0 Å². The van der Waals surface area contributed by atoms with Crippen LogP contribution in [0.5, 0.6) is 0 Å². The molecule has 0 aliphatic heterocycles. The average Bonchev–Trinajstić information content (AvgIpc) is 2.28. The summed E-state index contributed by atoms with van der Waals surface area (Å²) in [7, 11) is -3.76. The Morgan fingerprint density at radius 1 is 1.50 bits per heavy atom. The van der Waals surface area contributed by atoms with E-state index in [1.165, 1.54) is 25.1 Å². The van der Waals surface area contributed by atoms with Gasteiger partial charge in [-0.15, -0.1) is 0 Å². The highest BCUT2D eigenvalue weighted by molar-refractivity contribution is 7.89. The SMILES string of the molecule is Cc1ccc(S(=O)(=O)N[C@@H](C)CO)cc1C(N)=O. The Morgan fingerprint density at radius 2 is 2.11 bits per heavy atom. The molecule has 6 nitrogen and oxygen atoms in total. The topological polar surface area (TPSA) is 109 Å². The third-order valence-corrected chi connectivity index (χ3v) is 4.00. The van der Waals surface area contributed by atoms with Gasteiger partial charge in [0.2, 0.25) is 15.9 Å². The van der Waals surface area contributed by atoms with Crippen LogP contribution in [-0.4, -0.2) is 32.1 Å². The molecule has 7 heteroatoms. The zero-order valence-corrected chi connectivity index (χ0v) is 11.0. The summed E-state index contributed by atoms with van der Waals surface area (Å²) in [5.41, 5.74) is 5.93. The minimum Gasteiger partial charge on any atom is -0.395 e. The summed E-state index contributed by atoms with van der Waals surface area (Å²) in [6.45, 7) is 2.88. The largest absolute Gasteiger partial charge is 0.395 e. The van der Waals surface area contributed by atoms with E-state index in [1.54, 1.807) is 6.92 Å². The van der Waals surface area contributed by atoms with Gasteiger partial charge in [0.15, 0.2) is 0 Å². The van der Waals surface area contributed by atoms with E-state index in [1.807, 2.05) is 0 Å². The molecule has 0 aliphatic rings. The highest BCUT2D eigenvalue weighted by Crippen LogP contribution is 2.15. The van der Waals surface area contributed by atoms with Gasteiger partial charge in [-0.2, -0.15) is 0 Å². The number of hydrogen-bond donors (Lipinski definition) is 3. The van der Waals surface area contributed by atoms with Crippen LogP contribution in [0.3, 0.4) is 0 Å². The maximum absolute atomic E-state index is 11.9. The van der Waals surface area contributed by atoms with Crippen molar-refractivity contribution in [2.75, 3.05) is 6.61 Å². The molecule has 0 fully saturated rings. The summed E-state index contributed by atoms with van der Waals surface area (Å²) in [5.74, 6) is -0.681. The van der Waals surface area contributed by atoms with Gasteiger partial charge in [-0.1, -0.05) is 6.07 Å². The van der Waals surface area contributed by atoms with Gasteiger partial charge in [-0.3, -0.25) is 4.79 Å². The maximum Gasteiger partial charge on any atom is 0.249 e. The molecule has 0 radical (unpaired) electrons. The summed E-state index contributed by atoms with van der Waals surface area (Å²) in [6.07, 6.45) is 0. The van der Waals surface area contributed by atoms with Crippen LogP contribution in [0.2, 0.25) is 0 Å². The molecule has 0 aliphatic carbocycles. The normalized spacial score (nSPS) is 13.3. The predicted octanol–water partition coefficient (Wildman–Crippen LogP) is -0.247. The van der Waals surface area contributed by atoms with Crippen molar-refractivity contribution in [3.8, 4) is 0 Å². The molecule has 0 saturated carbocycles. The highest BCUT2D eigenvalue weighted by atomic mass is 32.2. The quantitative estimate of drug-likeness (QED) is 0.686. The Labute approximate surface area is 106 Å². The molecule has 1 atom stereocenters. The van der Waals surface area contributed by atoms with Crippen LogP contribution in [0, 0.1) is 6.92 Å². The summed E-state index contributed by atoms with van der Waals surface area (Å²) >= 11 is 0. The van der Waals surface area contributed by atoms with Crippen molar-refractivity contribution in [2.24, 2.45) is 5.73 Å². The molecule has 1 aromatic carbocycles. The van der Waals surface area contributed by atoms with E-state index in [2.05, 4.69) is 4.72 Å². The van der Waals surface area contributed by atoms with Crippen LogP contribution in [0.25, 0.3) is 0 Å². The van der Waals surface area contributed by atoms with Gasteiger partial charge in [0.05, 0.1) is 11.5 Å². The third-order valence-electron chi connectivity index (χ3n) is 2.41. The third kappa shape index (κ3) is 3.28. The van der Waals surface area contributed by atoms with Crippen molar-refractivity contribution in [1.82, 2.24) is 4.72 Å².